The highest BCUT2D eigenvalue weighted by atomic mass is 32.1. The average molecular weight is 300 g/mol. The van der Waals surface area contributed by atoms with Gasteiger partial charge >= 0.3 is 11.9 Å². The Morgan fingerprint density at radius 2 is 1.85 bits per heavy atom. The van der Waals surface area contributed by atoms with Gasteiger partial charge in [0, 0.05) is 4.88 Å². The van der Waals surface area contributed by atoms with E-state index in [0.29, 0.717) is 4.88 Å². The number of carbonyl (C=O) groups excluding carboxylic acids is 3. The van der Waals surface area contributed by atoms with Gasteiger partial charge in [-0.25, -0.2) is 0 Å². The molecule has 6 nitrogen and oxygen atoms in total. The van der Waals surface area contributed by atoms with E-state index in [1.54, 1.807) is 31.4 Å². The van der Waals surface area contributed by atoms with E-state index in [2.05, 4.69) is 4.74 Å². The van der Waals surface area contributed by atoms with Gasteiger partial charge in [0.25, 0.3) is 6.47 Å². The molecular weight excluding hydrogens is 284 g/mol. The van der Waals surface area contributed by atoms with Crippen molar-refractivity contribution in [1.29, 1.82) is 0 Å². The molecule has 20 heavy (non-hydrogen) atoms. The van der Waals surface area contributed by atoms with Gasteiger partial charge in [-0.3, -0.25) is 14.4 Å². The molecule has 0 aliphatic rings. The third kappa shape index (κ3) is 3.16. The first-order chi connectivity index (χ1) is 9.63. The molecule has 1 rings (SSSR count). The van der Waals surface area contributed by atoms with E-state index in [-0.39, 0.29) is 19.7 Å². The molecule has 0 spiro atoms. The van der Waals surface area contributed by atoms with Crippen LogP contribution in [0.3, 0.4) is 0 Å². The molecule has 0 atom stereocenters. The van der Waals surface area contributed by atoms with Crippen molar-refractivity contribution in [3.63, 3.8) is 0 Å². The summed E-state index contributed by atoms with van der Waals surface area (Å²) in [5.41, 5.74) is -1.76. The van der Waals surface area contributed by atoms with Crippen LogP contribution in [-0.2, 0) is 34.0 Å². The standard InChI is InChI=1S/C13H16O6S/c1-3-18-11(15)13(8-17-9-14,12(16)19-4-2)10-6-5-7-20-10/h5-7,9H,3-4,8H2,1-2H3. The van der Waals surface area contributed by atoms with E-state index in [1.165, 1.54) is 11.3 Å². The smallest absolute Gasteiger partial charge is 0.332 e. The summed E-state index contributed by atoms with van der Waals surface area (Å²) < 4.78 is 14.6. The van der Waals surface area contributed by atoms with Gasteiger partial charge in [0.1, 0.15) is 6.61 Å². The molecule has 1 aromatic heterocycles. The van der Waals surface area contributed by atoms with Crippen molar-refractivity contribution >= 4 is 29.7 Å². The molecule has 1 aromatic rings. The fourth-order valence-electron chi connectivity index (χ4n) is 1.66. The van der Waals surface area contributed by atoms with Crippen molar-refractivity contribution in [1.82, 2.24) is 0 Å². The van der Waals surface area contributed by atoms with Gasteiger partial charge in [0.15, 0.2) is 0 Å². The highest BCUT2D eigenvalue weighted by molar-refractivity contribution is 7.10. The maximum absolute atomic E-state index is 12.3. The number of hydrogen-bond acceptors (Lipinski definition) is 7. The number of rotatable bonds is 8. The summed E-state index contributed by atoms with van der Waals surface area (Å²) in [4.78, 5) is 35.4. The molecule has 110 valence electrons. The zero-order valence-corrected chi connectivity index (χ0v) is 12.1. The van der Waals surface area contributed by atoms with Crippen molar-refractivity contribution in [3.8, 4) is 0 Å². The van der Waals surface area contributed by atoms with E-state index >= 15 is 0 Å². The van der Waals surface area contributed by atoms with E-state index in [1.807, 2.05) is 0 Å². The summed E-state index contributed by atoms with van der Waals surface area (Å²) >= 11 is 1.19. The molecule has 0 unspecified atom stereocenters. The van der Waals surface area contributed by atoms with Gasteiger partial charge in [0.05, 0.1) is 13.2 Å². The largest absolute Gasteiger partial charge is 0.466 e. The van der Waals surface area contributed by atoms with Crippen LogP contribution in [0, 0.1) is 0 Å². The first kappa shape index (κ1) is 16.2. The van der Waals surface area contributed by atoms with Crippen LogP contribution in [0.1, 0.15) is 18.7 Å². The van der Waals surface area contributed by atoms with Crippen LogP contribution < -0.4 is 0 Å². The first-order valence-corrected chi connectivity index (χ1v) is 6.95. The lowest BCUT2D eigenvalue weighted by atomic mass is 9.87. The van der Waals surface area contributed by atoms with Crippen LogP contribution in [0.2, 0.25) is 0 Å². The summed E-state index contributed by atoms with van der Waals surface area (Å²) in [6.45, 7) is 3.19. The molecule has 0 saturated carbocycles. The van der Waals surface area contributed by atoms with Gasteiger partial charge in [-0.05, 0) is 25.3 Å². The number of ether oxygens (including phenoxy) is 3. The third-order valence-corrected chi connectivity index (χ3v) is 3.59. The Hall–Kier alpha value is -1.89. The van der Waals surface area contributed by atoms with Gasteiger partial charge in [-0.2, -0.15) is 0 Å². The van der Waals surface area contributed by atoms with Crippen molar-refractivity contribution in [2.45, 2.75) is 19.3 Å². The van der Waals surface area contributed by atoms with Crippen molar-refractivity contribution in [2.24, 2.45) is 0 Å². The Morgan fingerprint density at radius 3 is 2.25 bits per heavy atom. The van der Waals surface area contributed by atoms with Crippen LogP contribution in [0.15, 0.2) is 17.5 Å². The Morgan fingerprint density at radius 1 is 1.25 bits per heavy atom. The maximum atomic E-state index is 12.3. The van der Waals surface area contributed by atoms with Crippen molar-refractivity contribution < 1.29 is 28.6 Å². The van der Waals surface area contributed by atoms with Crippen LogP contribution in [0.4, 0.5) is 0 Å². The number of esters is 2. The molecule has 0 amide bonds. The molecule has 0 saturated heterocycles. The summed E-state index contributed by atoms with van der Waals surface area (Å²) in [7, 11) is 0. The van der Waals surface area contributed by atoms with Crippen LogP contribution in [0.5, 0.6) is 0 Å². The van der Waals surface area contributed by atoms with E-state index in [0.717, 1.165) is 0 Å². The second-order valence-corrected chi connectivity index (χ2v) is 4.68. The Balaban J connectivity index is 3.27. The highest BCUT2D eigenvalue weighted by Crippen LogP contribution is 2.32. The first-order valence-electron chi connectivity index (χ1n) is 6.07. The fraction of sp³-hybridized carbons (Fsp3) is 0.462. The Bertz CT molecular complexity index is 435. The molecule has 0 aliphatic heterocycles. The topological polar surface area (TPSA) is 78.9 Å². The van der Waals surface area contributed by atoms with Crippen molar-refractivity contribution in [3.05, 3.63) is 22.4 Å². The lowest BCUT2D eigenvalue weighted by molar-refractivity contribution is -0.168. The minimum Gasteiger partial charge on any atom is -0.466 e. The van der Waals surface area contributed by atoms with Gasteiger partial charge < -0.3 is 14.2 Å². The maximum Gasteiger partial charge on any atom is 0.332 e. The zero-order valence-electron chi connectivity index (χ0n) is 11.3. The predicted octanol–water partition coefficient (Wildman–Crippen LogP) is 1.29. The Labute approximate surface area is 120 Å². The number of thiophene rings is 1. The second kappa shape index (κ2) is 7.64. The summed E-state index contributed by atoms with van der Waals surface area (Å²) in [6, 6.07) is 3.29. The predicted molar refractivity (Wildman–Crippen MR) is 71.3 cm³/mol. The van der Waals surface area contributed by atoms with Crippen LogP contribution >= 0.6 is 11.3 Å². The minimum atomic E-state index is -1.76. The molecular formula is C13H16O6S. The average Bonchev–Trinajstić information content (AvgIpc) is 2.95. The summed E-state index contributed by atoms with van der Waals surface area (Å²) in [6.07, 6.45) is 0. The SMILES string of the molecule is CCOC(=O)C(COC=O)(C(=O)OCC)c1cccs1. The van der Waals surface area contributed by atoms with Crippen LogP contribution in [-0.4, -0.2) is 38.2 Å². The van der Waals surface area contributed by atoms with E-state index < -0.39 is 24.0 Å². The molecule has 1 heterocycles. The summed E-state index contributed by atoms with van der Waals surface area (Å²) in [5, 5.41) is 1.71. The highest BCUT2D eigenvalue weighted by Gasteiger charge is 2.52. The lowest BCUT2D eigenvalue weighted by Crippen LogP contribution is -2.49. The minimum absolute atomic E-state index is 0.104. The second-order valence-electron chi connectivity index (χ2n) is 3.73. The van der Waals surface area contributed by atoms with Gasteiger partial charge in [-0.1, -0.05) is 6.07 Å². The van der Waals surface area contributed by atoms with Crippen LogP contribution in [0.25, 0.3) is 0 Å². The van der Waals surface area contributed by atoms with E-state index in [4.69, 9.17) is 9.47 Å². The Kier molecular flexibility index (Phi) is 6.17. The molecule has 0 bridgehead atoms. The number of hydrogen-bond donors (Lipinski definition) is 0. The molecule has 7 heteroatoms. The molecule has 0 aliphatic carbocycles. The third-order valence-electron chi connectivity index (χ3n) is 2.56. The van der Waals surface area contributed by atoms with Crippen molar-refractivity contribution in [2.75, 3.05) is 19.8 Å². The molecule has 0 fully saturated rings. The fourth-order valence-corrected chi connectivity index (χ4v) is 2.55. The lowest BCUT2D eigenvalue weighted by Gasteiger charge is -2.26. The monoisotopic (exact) mass is 300 g/mol. The molecule has 0 aromatic carbocycles. The zero-order chi connectivity index (χ0) is 15.0. The van der Waals surface area contributed by atoms with E-state index in [9.17, 15) is 14.4 Å². The number of carbonyl (C=O) groups is 3. The normalized spacial score (nSPS) is 10.7. The van der Waals surface area contributed by atoms with Gasteiger partial charge in [0.2, 0.25) is 5.41 Å². The summed E-state index contributed by atoms with van der Waals surface area (Å²) in [5.74, 6) is -1.58. The molecule has 0 N–H and O–H groups in total. The quantitative estimate of drug-likeness (QED) is 0.311. The molecule has 0 radical (unpaired) electrons. The van der Waals surface area contributed by atoms with Gasteiger partial charge in [-0.15, -0.1) is 11.3 Å².